The topological polar surface area (TPSA) is 95.9 Å². The van der Waals surface area contributed by atoms with Crippen molar-refractivity contribution in [2.75, 3.05) is 24.7 Å². The molecule has 2 aliphatic heterocycles. The van der Waals surface area contributed by atoms with Crippen LogP contribution >= 0.6 is 23.5 Å². The second kappa shape index (κ2) is 11.4. The lowest BCUT2D eigenvalue weighted by molar-refractivity contribution is -0.150. The molecule has 0 aliphatic carbocycles. The summed E-state index contributed by atoms with van der Waals surface area (Å²) in [5.74, 6) is 0.189. The lowest BCUT2D eigenvalue weighted by Gasteiger charge is -2.37. The molecule has 2 fully saturated rings. The lowest BCUT2D eigenvalue weighted by Crippen LogP contribution is -2.56. The molecular weight excluding hydrogens is 448 g/mol. The predicted octanol–water partition coefficient (Wildman–Crippen LogP) is 2.78. The minimum atomic E-state index is -0.962. The zero-order valence-corrected chi connectivity index (χ0v) is 20.3. The summed E-state index contributed by atoms with van der Waals surface area (Å²) in [6.45, 7) is 4.12. The smallest absolute Gasteiger partial charge is 0.328 e. The molecule has 3 atom stereocenters. The number of thioether (sulfide) groups is 2. The van der Waals surface area contributed by atoms with E-state index in [2.05, 4.69) is 5.32 Å². The van der Waals surface area contributed by atoms with Gasteiger partial charge in [0.25, 0.3) is 0 Å². The van der Waals surface area contributed by atoms with E-state index >= 15 is 0 Å². The Labute approximate surface area is 198 Å². The zero-order chi connectivity index (χ0) is 23.1. The number of carbonyl (C=O) groups is 3. The van der Waals surface area contributed by atoms with Crippen LogP contribution < -0.4 is 5.32 Å². The average Bonchev–Trinajstić information content (AvgIpc) is 3.15. The summed E-state index contributed by atoms with van der Waals surface area (Å²) in [5, 5.41) is 13.1. The Balaban J connectivity index is 1.69. The third-order valence-corrected chi connectivity index (χ3v) is 9.41. The molecule has 32 heavy (non-hydrogen) atoms. The summed E-state index contributed by atoms with van der Waals surface area (Å²) in [6, 6.07) is 7.63. The molecule has 1 aromatic rings. The Hall–Kier alpha value is -1.71. The van der Waals surface area contributed by atoms with Gasteiger partial charge in [0.2, 0.25) is 5.91 Å². The summed E-state index contributed by atoms with van der Waals surface area (Å²) < 4.78 is 4.74. The number of carboxylic acids is 1. The van der Waals surface area contributed by atoms with Crippen molar-refractivity contribution in [3.8, 4) is 0 Å². The maximum atomic E-state index is 13.3. The highest BCUT2D eigenvalue weighted by Crippen LogP contribution is 2.52. The quantitative estimate of drug-likeness (QED) is 0.521. The van der Waals surface area contributed by atoms with Gasteiger partial charge in [-0.25, -0.2) is 4.79 Å². The Morgan fingerprint density at radius 3 is 2.56 bits per heavy atom. The van der Waals surface area contributed by atoms with Gasteiger partial charge in [0.15, 0.2) is 6.04 Å². The van der Waals surface area contributed by atoms with E-state index in [1.807, 2.05) is 30.3 Å². The number of nitrogens with zero attached hydrogens (tertiary/aromatic N) is 1. The first kappa shape index (κ1) is 24.9. The fourth-order valence-electron chi connectivity index (χ4n) is 4.32. The van der Waals surface area contributed by atoms with Crippen LogP contribution in [-0.2, 0) is 25.5 Å². The number of hydrogen-bond acceptors (Lipinski definition) is 7. The molecule has 1 unspecified atom stereocenters. The van der Waals surface area contributed by atoms with Crippen LogP contribution in [0.4, 0.5) is 0 Å². The van der Waals surface area contributed by atoms with Crippen molar-refractivity contribution < 1.29 is 24.2 Å². The highest BCUT2D eigenvalue weighted by Gasteiger charge is 2.55. The van der Waals surface area contributed by atoms with Crippen LogP contribution in [0, 0.1) is 0 Å². The number of esters is 1. The molecule has 7 nitrogen and oxygen atoms in total. The molecule has 2 N–H and O–H groups in total. The molecule has 176 valence electrons. The molecule has 0 bridgehead atoms. The highest BCUT2D eigenvalue weighted by atomic mass is 32.2. The molecule has 2 saturated heterocycles. The first-order valence-electron chi connectivity index (χ1n) is 11.2. The predicted molar refractivity (Wildman–Crippen MR) is 128 cm³/mol. The van der Waals surface area contributed by atoms with Crippen molar-refractivity contribution >= 4 is 41.4 Å². The summed E-state index contributed by atoms with van der Waals surface area (Å²) >= 11 is 3.33. The Morgan fingerprint density at radius 1 is 1.25 bits per heavy atom. The molecule has 1 aromatic carbocycles. The molecule has 0 saturated carbocycles. The van der Waals surface area contributed by atoms with Crippen molar-refractivity contribution in [1.29, 1.82) is 0 Å². The minimum absolute atomic E-state index is 0.259. The zero-order valence-electron chi connectivity index (χ0n) is 18.6. The second-order valence-electron chi connectivity index (χ2n) is 8.10. The SMILES string of the molecule is CCOC(=O)C(CCc1ccccc1)N[C@@H](C)C(=O)N1CCC2(SCCCS2)[C@@H]1C(=O)O. The molecule has 3 rings (SSSR count). The summed E-state index contributed by atoms with van der Waals surface area (Å²) in [5.41, 5.74) is 1.10. The van der Waals surface area contributed by atoms with Crippen LogP contribution in [-0.4, -0.2) is 74.7 Å². The van der Waals surface area contributed by atoms with Gasteiger partial charge in [0.1, 0.15) is 6.04 Å². The standard InChI is InChI=1S/C23H32N2O5S2/c1-3-30-22(29)18(11-10-17-8-5-4-6-9-17)24-16(2)20(26)25-13-12-23(19(25)21(27)28)31-14-7-15-32-23/h4-6,8-9,16,18-19,24H,3,7,10-15H2,1-2H3,(H,27,28)/t16-,18?,19-/m0/s1. The summed E-state index contributed by atoms with van der Waals surface area (Å²) in [4.78, 5) is 39.5. The Bertz CT molecular complexity index is 801. The van der Waals surface area contributed by atoms with E-state index in [0.717, 1.165) is 23.5 Å². The summed E-state index contributed by atoms with van der Waals surface area (Å²) in [6.07, 6.45) is 2.86. The van der Waals surface area contributed by atoms with Crippen LogP contribution in [0.25, 0.3) is 0 Å². The first-order chi connectivity index (χ1) is 15.4. The number of hydrogen-bond donors (Lipinski definition) is 2. The number of carbonyl (C=O) groups excluding carboxylic acids is 2. The van der Waals surface area contributed by atoms with Gasteiger partial charge in [-0.1, -0.05) is 30.3 Å². The van der Waals surface area contributed by atoms with Gasteiger partial charge >= 0.3 is 11.9 Å². The van der Waals surface area contributed by atoms with Crippen molar-refractivity contribution in [3.63, 3.8) is 0 Å². The molecule has 9 heteroatoms. The van der Waals surface area contributed by atoms with Gasteiger partial charge in [-0.3, -0.25) is 14.9 Å². The van der Waals surface area contributed by atoms with Crippen molar-refractivity contribution in [1.82, 2.24) is 10.2 Å². The van der Waals surface area contributed by atoms with E-state index in [0.29, 0.717) is 25.8 Å². The van der Waals surface area contributed by atoms with Gasteiger partial charge < -0.3 is 14.7 Å². The number of aryl methyl sites for hydroxylation is 1. The number of aliphatic carboxylic acids is 1. The largest absolute Gasteiger partial charge is 0.480 e. The van der Waals surface area contributed by atoms with Crippen LogP contribution in [0.1, 0.15) is 38.7 Å². The maximum Gasteiger partial charge on any atom is 0.328 e. The van der Waals surface area contributed by atoms with Gasteiger partial charge in [-0.2, -0.15) is 0 Å². The van der Waals surface area contributed by atoms with E-state index in [-0.39, 0.29) is 12.5 Å². The van der Waals surface area contributed by atoms with E-state index in [1.165, 1.54) is 4.90 Å². The van der Waals surface area contributed by atoms with Crippen molar-refractivity contribution in [2.45, 2.75) is 61.7 Å². The number of benzene rings is 1. The molecule has 1 amide bonds. The van der Waals surface area contributed by atoms with Gasteiger partial charge in [-0.05, 0) is 56.6 Å². The Morgan fingerprint density at radius 2 is 1.94 bits per heavy atom. The molecular formula is C23H32N2O5S2. The lowest BCUT2D eigenvalue weighted by atomic mass is 10.0. The molecule has 0 aromatic heterocycles. The molecule has 0 radical (unpaired) electrons. The van der Waals surface area contributed by atoms with E-state index in [9.17, 15) is 19.5 Å². The third-order valence-electron chi connectivity index (χ3n) is 5.89. The molecule has 2 aliphatic rings. The fraction of sp³-hybridized carbons (Fsp3) is 0.609. The molecule has 2 heterocycles. The van der Waals surface area contributed by atoms with E-state index in [1.54, 1.807) is 37.4 Å². The number of carboxylic acid groups (broad SMARTS) is 1. The fourth-order valence-corrected chi connectivity index (χ4v) is 7.85. The Kier molecular flexibility index (Phi) is 8.90. The number of likely N-dealkylation sites (tertiary alicyclic amines) is 1. The number of nitrogens with one attached hydrogen (secondary N) is 1. The second-order valence-corrected chi connectivity index (χ2v) is 11.2. The van der Waals surface area contributed by atoms with E-state index in [4.69, 9.17) is 4.74 Å². The molecule has 1 spiro atoms. The maximum absolute atomic E-state index is 13.3. The first-order valence-corrected chi connectivity index (χ1v) is 13.1. The van der Waals surface area contributed by atoms with E-state index < -0.39 is 34.1 Å². The highest BCUT2D eigenvalue weighted by molar-refractivity contribution is 8.18. The number of amides is 1. The van der Waals surface area contributed by atoms with Gasteiger partial charge in [0.05, 0.1) is 16.7 Å². The number of ether oxygens (including phenoxy) is 1. The normalized spacial score (nSPS) is 21.8. The third kappa shape index (κ3) is 5.80. The summed E-state index contributed by atoms with van der Waals surface area (Å²) in [7, 11) is 0. The van der Waals surface area contributed by atoms with Crippen LogP contribution in [0.5, 0.6) is 0 Å². The van der Waals surface area contributed by atoms with Gasteiger partial charge in [-0.15, -0.1) is 23.5 Å². The minimum Gasteiger partial charge on any atom is -0.480 e. The van der Waals surface area contributed by atoms with Crippen molar-refractivity contribution in [3.05, 3.63) is 35.9 Å². The van der Waals surface area contributed by atoms with Gasteiger partial charge in [0, 0.05) is 6.54 Å². The monoisotopic (exact) mass is 480 g/mol. The van der Waals surface area contributed by atoms with Crippen LogP contribution in [0.3, 0.4) is 0 Å². The van der Waals surface area contributed by atoms with Crippen LogP contribution in [0.15, 0.2) is 30.3 Å². The van der Waals surface area contributed by atoms with Crippen molar-refractivity contribution in [2.24, 2.45) is 0 Å². The average molecular weight is 481 g/mol. The number of rotatable bonds is 9. The van der Waals surface area contributed by atoms with Crippen LogP contribution in [0.2, 0.25) is 0 Å².